The van der Waals surface area contributed by atoms with Crippen LogP contribution in [0.25, 0.3) is 0 Å². The van der Waals surface area contributed by atoms with Gasteiger partial charge < -0.3 is 4.74 Å². The van der Waals surface area contributed by atoms with Crippen molar-refractivity contribution in [1.82, 2.24) is 5.32 Å². The van der Waals surface area contributed by atoms with Gasteiger partial charge in [-0.3, -0.25) is 5.32 Å². The second-order valence-electron chi connectivity index (χ2n) is 4.69. The van der Waals surface area contributed by atoms with E-state index in [-0.39, 0.29) is 18.1 Å². The van der Waals surface area contributed by atoms with E-state index in [2.05, 4.69) is 43.4 Å². The van der Waals surface area contributed by atoms with Crippen molar-refractivity contribution in [3.05, 3.63) is 35.9 Å². The van der Waals surface area contributed by atoms with Crippen LogP contribution in [0.2, 0.25) is 0 Å². The van der Waals surface area contributed by atoms with Gasteiger partial charge in [0.1, 0.15) is 5.72 Å². The van der Waals surface area contributed by atoms with E-state index in [1.54, 1.807) is 0 Å². The van der Waals surface area contributed by atoms with Crippen molar-refractivity contribution >= 4 is 12.4 Å². The zero-order valence-corrected chi connectivity index (χ0v) is 10.7. The van der Waals surface area contributed by atoms with Crippen LogP contribution in [0.5, 0.6) is 0 Å². The molecule has 2 unspecified atom stereocenters. The molecule has 2 atom stereocenters. The van der Waals surface area contributed by atoms with Crippen LogP contribution < -0.4 is 5.32 Å². The minimum atomic E-state index is -0.187. The maximum atomic E-state index is 5.87. The lowest BCUT2D eigenvalue weighted by Crippen LogP contribution is -2.53. The van der Waals surface area contributed by atoms with Crippen LogP contribution in [0.4, 0.5) is 0 Å². The zero-order chi connectivity index (χ0) is 10.7. The fraction of sp³-hybridized carbons (Fsp3) is 0.538. The molecule has 2 nitrogen and oxygen atoms in total. The van der Waals surface area contributed by atoms with Gasteiger partial charge in [-0.15, -0.1) is 12.4 Å². The van der Waals surface area contributed by atoms with Gasteiger partial charge in [-0.25, -0.2) is 0 Å². The minimum Gasteiger partial charge on any atom is -0.360 e. The molecule has 16 heavy (non-hydrogen) atoms. The van der Waals surface area contributed by atoms with Crippen molar-refractivity contribution in [3.63, 3.8) is 0 Å². The molecule has 1 heterocycles. The van der Waals surface area contributed by atoms with Crippen LogP contribution in [-0.2, 0) is 11.2 Å². The third kappa shape index (κ3) is 3.48. The molecule has 3 heteroatoms. The van der Waals surface area contributed by atoms with Crippen LogP contribution in [0, 0.1) is 5.92 Å². The van der Waals surface area contributed by atoms with Crippen molar-refractivity contribution in [2.75, 3.05) is 13.2 Å². The van der Waals surface area contributed by atoms with E-state index in [9.17, 15) is 0 Å². The van der Waals surface area contributed by atoms with Crippen LogP contribution >= 0.6 is 12.4 Å². The number of halogens is 1. The Morgan fingerprint density at radius 2 is 2.06 bits per heavy atom. The van der Waals surface area contributed by atoms with Gasteiger partial charge >= 0.3 is 0 Å². The van der Waals surface area contributed by atoms with Crippen molar-refractivity contribution in [2.24, 2.45) is 5.92 Å². The van der Waals surface area contributed by atoms with E-state index >= 15 is 0 Å². The molecular weight excluding hydrogens is 222 g/mol. The lowest BCUT2D eigenvalue weighted by atomic mass is 10.0. The lowest BCUT2D eigenvalue weighted by molar-refractivity contribution is -0.0997. The summed E-state index contributed by atoms with van der Waals surface area (Å²) in [5.41, 5.74) is 1.13. The van der Waals surface area contributed by atoms with Gasteiger partial charge in [0.15, 0.2) is 0 Å². The molecule has 0 amide bonds. The van der Waals surface area contributed by atoms with E-state index < -0.39 is 0 Å². The molecule has 0 bridgehead atoms. The third-order valence-corrected chi connectivity index (χ3v) is 2.90. The van der Waals surface area contributed by atoms with Gasteiger partial charge in [-0.05, 0) is 18.4 Å². The highest BCUT2D eigenvalue weighted by atomic mass is 35.5. The SMILES string of the molecule is CC1CNC(C)(Cc2ccccc2)OC1.Cl. The molecule has 1 N–H and O–H groups in total. The molecular formula is C13H20ClNO. The summed E-state index contributed by atoms with van der Waals surface area (Å²) in [6.07, 6.45) is 0.931. The predicted molar refractivity (Wildman–Crippen MR) is 68.9 cm³/mol. The Balaban J connectivity index is 0.00000128. The Bertz CT molecular complexity index is 307. The number of benzene rings is 1. The Morgan fingerprint density at radius 1 is 1.38 bits per heavy atom. The van der Waals surface area contributed by atoms with Gasteiger partial charge in [0, 0.05) is 13.0 Å². The van der Waals surface area contributed by atoms with Gasteiger partial charge in [-0.2, -0.15) is 0 Å². The van der Waals surface area contributed by atoms with Crippen LogP contribution in [0.15, 0.2) is 30.3 Å². The minimum absolute atomic E-state index is 0. The van der Waals surface area contributed by atoms with E-state index in [0.717, 1.165) is 19.6 Å². The summed E-state index contributed by atoms with van der Waals surface area (Å²) in [5, 5.41) is 3.47. The first-order valence-corrected chi connectivity index (χ1v) is 5.61. The molecule has 90 valence electrons. The average Bonchev–Trinajstić information content (AvgIpc) is 2.24. The molecule has 0 aromatic heterocycles. The number of hydrogen-bond acceptors (Lipinski definition) is 2. The van der Waals surface area contributed by atoms with Crippen LogP contribution in [0.3, 0.4) is 0 Å². The molecule has 1 aromatic rings. The third-order valence-electron chi connectivity index (χ3n) is 2.90. The second kappa shape index (κ2) is 5.67. The molecule has 0 radical (unpaired) electrons. The number of nitrogens with one attached hydrogen (secondary N) is 1. The molecule has 0 aliphatic carbocycles. The Kier molecular flexibility index (Phi) is 4.78. The van der Waals surface area contributed by atoms with E-state index in [4.69, 9.17) is 4.74 Å². The number of rotatable bonds is 2. The monoisotopic (exact) mass is 241 g/mol. The van der Waals surface area contributed by atoms with Gasteiger partial charge in [0.05, 0.1) is 6.61 Å². The molecule has 0 saturated carbocycles. The highest BCUT2D eigenvalue weighted by Crippen LogP contribution is 2.19. The first-order chi connectivity index (χ1) is 7.18. The summed E-state index contributed by atoms with van der Waals surface area (Å²) in [4.78, 5) is 0. The summed E-state index contributed by atoms with van der Waals surface area (Å²) in [6, 6.07) is 10.5. The molecule has 1 saturated heterocycles. The molecule has 1 aliphatic heterocycles. The van der Waals surface area contributed by atoms with E-state index in [0.29, 0.717) is 5.92 Å². The lowest BCUT2D eigenvalue weighted by Gasteiger charge is -2.38. The first-order valence-electron chi connectivity index (χ1n) is 5.61. The normalized spacial score (nSPS) is 29.5. The van der Waals surface area contributed by atoms with Crippen molar-refractivity contribution in [1.29, 1.82) is 0 Å². The van der Waals surface area contributed by atoms with Crippen molar-refractivity contribution < 1.29 is 4.74 Å². The molecule has 1 aromatic carbocycles. The summed E-state index contributed by atoms with van der Waals surface area (Å²) in [6.45, 7) is 6.24. The number of ether oxygens (including phenoxy) is 1. The van der Waals surface area contributed by atoms with Gasteiger partial charge in [-0.1, -0.05) is 37.3 Å². The molecule has 1 aliphatic rings. The van der Waals surface area contributed by atoms with Gasteiger partial charge in [0.25, 0.3) is 0 Å². The van der Waals surface area contributed by atoms with E-state index in [1.165, 1.54) is 5.56 Å². The summed E-state index contributed by atoms with van der Waals surface area (Å²) in [5.74, 6) is 0.619. The molecule has 0 spiro atoms. The largest absolute Gasteiger partial charge is 0.360 e. The Hall–Kier alpha value is -0.570. The smallest absolute Gasteiger partial charge is 0.120 e. The highest BCUT2D eigenvalue weighted by molar-refractivity contribution is 5.85. The molecule has 2 rings (SSSR count). The summed E-state index contributed by atoms with van der Waals surface area (Å²) < 4.78 is 5.87. The number of hydrogen-bond donors (Lipinski definition) is 1. The first kappa shape index (κ1) is 13.5. The topological polar surface area (TPSA) is 21.3 Å². The van der Waals surface area contributed by atoms with E-state index in [1.807, 2.05) is 6.07 Å². The van der Waals surface area contributed by atoms with Gasteiger partial charge in [0.2, 0.25) is 0 Å². The highest BCUT2D eigenvalue weighted by Gasteiger charge is 2.29. The fourth-order valence-corrected chi connectivity index (χ4v) is 1.93. The maximum absolute atomic E-state index is 5.87. The fourth-order valence-electron chi connectivity index (χ4n) is 1.93. The maximum Gasteiger partial charge on any atom is 0.120 e. The predicted octanol–water partition coefficient (Wildman–Crippen LogP) is 2.62. The second-order valence-corrected chi connectivity index (χ2v) is 4.69. The quantitative estimate of drug-likeness (QED) is 0.860. The summed E-state index contributed by atoms with van der Waals surface area (Å²) in [7, 11) is 0. The Morgan fingerprint density at radius 3 is 2.62 bits per heavy atom. The van der Waals surface area contributed by atoms with Crippen LogP contribution in [-0.4, -0.2) is 18.9 Å². The molecule has 1 fully saturated rings. The van der Waals surface area contributed by atoms with Crippen LogP contribution in [0.1, 0.15) is 19.4 Å². The summed E-state index contributed by atoms with van der Waals surface area (Å²) >= 11 is 0. The Labute approximate surface area is 104 Å². The zero-order valence-electron chi connectivity index (χ0n) is 9.90. The van der Waals surface area contributed by atoms with Crippen molar-refractivity contribution in [3.8, 4) is 0 Å². The average molecular weight is 242 g/mol. The van der Waals surface area contributed by atoms with Crippen molar-refractivity contribution in [2.45, 2.75) is 26.0 Å². The standard InChI is InChI=1S/C13H19NO.ClH/c1-11-9-14-13(2,15-10-11)8-12-6-4-3-5-7-12;/h3-7,11,14H,8-10H2,1-2H3;1H.